The first kappa shape index (κ1) is 17.4. The normalized spacial score (nSPS) is 12.2. The molecule has 0 fully saturated rings. The Balaban J connectivity index is 2.40. The van der Waals surface area contributed by atoms with Gasteiger partial charge in [-0.3, -0.25) is 4.79 Å². The van der Waals surface area contributed by atoms with Crippen molar-refractivity contribution in [3.63, 3.8) is 0 Å². The molecule has 1 heterocycles. The third kappa shape index (κ3) is 7.06. The van der Waals surface area contributed by atoms with E-state index in [0.717, 1.165) is 25.8 Å². The van der Waals surface area contributed by atoms with Crippen molar-refractivity contribution in [2.24, 2.45) is 5.92 Å². The molecule has 21 heavy (non-hydrogen) atoms. The molecule has 1 atom stereocenters. The number of hydrogen-bond donors (Lipinski definition) is 2. The van der Waals surface area contributed by atoms with E-state index in [0.29, 0.717) is 17.4 Å². The van der Waals surface area contributed by atoms with Crippen molar-refractivity contribution in [3.8, 4) is 0 Å². The number of aromatic nitrogens is 2. The van der Waals surface area contributed by atoms with E-state index in [1.54, 1.807) is 12.1 Å². The Morgan fingerprint density at radius 2 is 1.95 bits per heavy atom. The van der Waals surface area contributed by atoms with Crippen molar-refractivity contribution < 1.29 is 4.79 Å². The molecule has 118 valence electrons. The minimum absolute atomic E-state index is 0.151. The van der Waals surface area contributed by atoms with Gasteiger partial charge in [-0.2, -0.15) is 0 Å². The predicted molar refractivity (Wildman–Crippen MR) is 86.4 cm³/mol. The largest absolute Gasteiger partial charge is 0.369 e. The molecular weight excluding hydrogens is 264 g/mol. The van der Waals surface area contributed by atoms with Crippen molar-refractivity contribution in [2.75, 3.05) is 11.9 Å². The molecule has 1 aromatic heterocycles. The Labute approximate surface area is 127 Å². The van der Waals surface area contributed by atoms with Gasteiger partial charge in [0, 0.05) is 12.6 Å². The van der Waals surface area contributed by atoms with Crippen molar-refractivity contribution in [2.45, 2.75) is 59.4 Å². The fraction of sp³-hybridized carbons (Fsp3) is 0.688. The van der Waals surface area contributed by atoms with Crippen LogP contribution in [0.2, 0.25) is 0 Å². The van der Waals surface area contributed by atoms with E-state index >= 15 is 0 Å². The number of carbonyl (C=O) groups is 1. The average molecular weight is 292 g/mol. The van der Waals surface area contributed by atoms with Crippen LogP contribution in [0.15, 0.2) is 12.1 Å². The van der Waals surface area contributed by atoms with Crippen molar-refractivity contribution in [3.05, 3.63) is 17.8 Å². The number of nitrogens with zero attached hydrogens (tertiary/aromatic N) is 2. The molecule has 0 bridgehead atoms. The van der Waals surface area contributed by atoms with Gasteiger partial charge in [0.2, 0.25) is 0 Å². The third-order valence-electron chi connectivity index (χ3n) is 3.25. The van der Waals surface area contributed by atoms with Crippen LogP contribution in [0, 0.1) is 5.92 Å². The lowest BCUT2D eigenvalue weighted by Gasteiger charge is -2.14. The Bertz CT molecular complexity index is 417. The lowest BCUT2D eigenvalue weighted by atomic mass is 10.0. The van der Waals surface area contributed by atoms with Crippen LogP contribution in [-0.2, 0) is 0 Å². The number of rotatable bonds is 9. The van der Waals surface area contributed by atoms with Crippen LogP contribution in [-0.4, -0.2) is 28.7 Å². The van der Waals surface area contributed by atoms with Crippen LogP contribution < -0.4 is 10.6 Å². The van der Waals surface area contributed by atoms with Gasteiger partial charge >= 0.3 is 0 Å². The monoisotopic (exact) mass is 292 g/mol. The summed E-state index contributed by atoms with van der Waals surface area (Å²) in [5.74, 6) is 1.27. The highest BCUT2D eigenvalue weighted by atomic mass is 16.2. The second-order valence-electron chi connectivity index (χ2n) is 5.93. The number of anilines is 1. The maximum absolute atomic E-state index is 12.0. The second kappa shape index (κ2) is 9.32. The van der Waals surface area contributed by atoms with Crippen molar-refractivity contribution >= 4 is 11.7 Å². The predicted octanol–water partition coefficient (Wildman–Crippen LogP) is 3.24. The van der Waals surface area contributed by atoms with Crippen LogP contribution in [0.1, 0.15) is 63.9 Å². The van der Waals surface area contributed by atoms with Gasteiger partial charge in [0.1, 0.15) is 5.82 Å². The molecule has 5 heteroatoms. The molecule has 0 aromatic carbocycles. The summed E-state index contributed by atoms with van der Waals surface area (Å²) in [6.07, 6.45) is 4.34. The summed E-state index contributed by atoms with van der Waals surface area (Å²) in [4.78, 5) is 12.0. The smallest absolute Gasteiger partial charge is 0.272 e. The quantitative estimate of drug-likeness (QED) is 0.733. The van der Waals surface area contributed by atoms with Crippen LogP contribution in [0.25, 0.3) is 0 Å². The Morgan fingerprint density at radius 1 is 1.19 bits per heavy atom. The number of amides is 1. The molecule has 2 N–H and O–H groups in total. The van der Waals surface area contributed by atoms with E-state index in [1.807, 2.05) is 6.92 Å². The summed E-state index contributed by atoms with van der Waals surface area (Å²) in [5.41, 5.74) is 0.368. The molecule has 0 saturated heterocycles. The molecule has 0 aliphatic rings. The molecule has 1 amide bonds. The first-order chi connectivity index (χ1) is 10.0. The van der Waals surface area contributed by atoms with Crippen LogP contribution >= 0.6 is 0 Å². The van der Waals surface area contributed by atoms with Crippen LogP contribution in [0.3, 0.4) is 0 Å². The summed E-state index contributed by atoms with van der Waals surface area (Å²) in [5, 5.41) is 14.1. The molecule has 1 unspecified atom stereocenters. The van der Waals surface area contributed by atoms with E-state index in [1.165, 1.54) is 6.42 Å². The highest BCUT2D eigenvalue weighted by Gasteiger charge is 2.11. The maximum atomic E-state index is 12.0. The highest BCUT2D eigenvalue weighted by molar-refractivity contribution is 5.92. The molecule has 0 spiro atoms. The fourth-order valence-corrected chi connectivity index (χ4v) is 2.00. The summed E-state index contributed by atoms with van der Waals surface area (Å²) >= 11 is 0. The Morgan fingerprint density at radius 3 is 2.52 bits per heavy atom. The van der Waals surface area contributed by atoms with Gasteiger partial charge < -0.3 is 10.6 Å². The summed E-state index contributed by atoms with van der Waals surface area (Å²) in [6, 6.07) is 3.67. The van der Waals surface area contributed by atoms with Crippen molar-refractivity contribution in [1.82, 2.24) is 15.5 Å². The zero-order valence-corrected chi connectivity index (χ0v) is 13.6. The van der Waals surface area contributed by atoms with E-state index in [2.05, 4.69) is 41.6 Å². The molecule has 1 aromatic rings. The lowest BCUT2D eigenvalue weighted by Crippen LogP contribution is -2.33. The van der Waals surface area contributed by atoms with Crippen molar-refractivity contribution in [1.29, 1.82) is 0 Å². The molecule has 0 saturated carbocycles. The standard InChI is InChI=1S/C16H28N4O/c1-5-11-17-15-10-9-14(19-20-15)16(21)18-13(4)8-6-7-12(2)3/h9-10,12-13H,5-8,11H2,1-4H3,(H,17,20)(H,18,21). The first-order valence-corrected chi connectivity index (χ1v) is 7.91. The lowest BCUT2D eigenvalue weighted by molar-refractivity contribution is 0.0931. The summed E-state index contributed by atoms with van der Waals surface area (Å²) in [7, 11) is 0. The molecule has 5 nitrogen and oxygen atoms in total. The number of carbonyl (C=O) groups excluding carboxylic acids is 1. The molecule has 0 aliphatic carbocycles. The maximum Gasteiger partial charge on any atom is 0.272 e. The van der Waals surface area contributed by atoms with Gasteiger partial charge in [-0.1, -0.05) is 33.6 Å². The molecule has 0 radical (unpaired) electrons. The van der Waals surface area contributed by atoms with Gasteiger partial charge in [0.15, 0.2) is 5.69 Å². The van der Waals surface area contributed by atoms with E-state index < -0.39 is 0 Å². The minimum atomic E-state index is -0.151. The second-order valence-corrected chi connectivity index (χ2v) is 5.93. The summed E-state index contributed by atoms with van der Waals surface area (Å²) in [6.45, 7) is 9.40. The van der Waals surface area contributed by atoms with Gasteiger partial charge in [-0.05, 0) is 37.8 Å². The zero-order valence-electron chi connectivity index (χ0n) is 13.6. The molecular formula is C16H28N4O. The minimum Gasteiger partial charge on any atom is -0.369 e. The average Bonchev–Trinajstić information content (AvgIpc) is 2.45. The Kier molecular flexibility index (Phi) is 7.72. The van der Waals surface area contributed by atoms with E-state index in [4.69, 9.17) is 0 Å². The van der Waals surface area contributed by atoms with E-state index in [9.17, 15) is 4.79 Å². The number of nitrogens with one attached hydrogen (secondary N) is 2. The summed E-state index contributed by atoms with van der Waals surface area (Å²) < 4.78 is 0. The SMILES string of the molecule is CCCNc1ccc(C(=O)NC(C)CCCC(C)C)nn1. The van der Waals surface area contributed by atoms with E-state index in [-0.39, 0.29) is 11.9 Å². The molecule has 1 rings (SSSR count). The highest BCUT2D eigenvalue weighted by Crippen LogP contribution is 2.09. The molecule has 0 aliphatic heterocycles. The number of hydrogen-bond acceptors (Lipinski definition) is 4. The Hall–Kier alpha value is -1.65. The van der Waals surface area contributed by atoms with Gasteiger partial charge in [-0.25, -0.2) is 0 Å². The van der Waals surface area contributed by atoms with Crippen LogP contribution in [0.5, 0.6) is 0 Å². The first-order valence-electron chi connectivity index (χ1n) is 7.91. The fourth-order valence-electron chi connectivity index (χ4n) is 2.00. The van der Waals surface area contributed by atoms with Gasteiger partial charge in [0.25, 0.3) is 5.91 Å². The van der Waals surface area contributed by atoms with Gasteiger partial charge in [0.05, 0.1) is 0 Å². The topological polar surface area (TPSA) is 66.9 Å². The van der Waals surface area contributed by atoms with Crippen LogP contribution in [0.4, 0.5) is 5.82 Å². The zero-order chi connectivity index (χ0) is 15.7. The van der Waals surface area contributed by atoms with Gasteiger partial charge in [-0.15, -0.1) is 10.2 Å². The third-order valence-corrected chi connectivity index (χ3v) is 3.25.